The summed E-state index contributed by atoms with van der Waals surface area (Å²) in [6, 6.07) is 12.1. The molecule has 1 aliphatic heterocycles. The lowest BCUT2D eigenvalue weighted by Gasteiger charge is -2.21. The van der Waals surface area contributed by atoms with Crippen LogP contribution in [0.5, 0.6) is 0 Å². The van der Waals surface area contributed by atoms with E-state index in [0.717, 1.165) is 39.7 Å². The number of nitrogens with one attached hydrogen (secondary N) is 2. The Morgan fingerprint density at radius 1 is 1.17 bits per heavy atom. The van der Waals surface area contributed by atoms with Gasteiger partial charge in [-0.15, -0.1) is 0 Å². The second kappa shape index (κ2) is 7.65. The minimum absolute atomic E-state index is 0.152. The number of benzene rings is 2. The van der Waals surface area contributed by atoms with Crippen LogP contribution in [-0.4, -0.2) is 37.9 Å². The summed E-state index contributed by atoms with van der Waals surface area (Å²) in [5.74, 6) is 0.0825. The molecule has 29 heavy (non-hydrogen) atoms. The normalized spacial score (nSPS) is 16.9. The van der Waals surface area contributed by atoms with Crippen LogP contribution < -0.4 is 11.1 Å². The SMILES string of the molecule is CNCc1cccc(-c2cc(C(N)=O)c3[nH]cc(C4CCS(=O)(=O)CC4)c3c2)c1. The molecule has 2 aromatic carbocycles. The third-order valence-electron chi connectivity index (χ3n) is 5.72. The Morgan fingerprint density at radius 3 is 2.62 bits per heavy atom. The zero-order valence-corrected chi connectivity index (χ0v) is 17.2. The summed E-state index contributed by atoms with van der Waals surface area (Å²) >= 11 is 0. The predicted molar refractivity (Wildman–Crippen MR) is 116 cm³/mol. The molecule has 4 rings (SSSR count). The fraction of sp³-hybridized carbons (Fsp3) is 0.318. The summed E-state index contributed by atoms with van der Waals surface area (Å²) in [6.45, 7) is 0.755. The molecule has 0 spiro atoms. The van der Waals surface area contributed by atoms with Crippen molar-refractivity contribution >= 4 is 26.6 Å². The Labute approximate surface area is 170 Å². The fourth-order valence-corrected chi connectivity index (χ4v) is 5.71. The molecule has 3 aromatic rings. The average Bonchev–Trinajstić information content (AvgIpc) is 3.11. The summed E-state index contributed by atoms with van der Waals surface area (Å²) < 4.78 is 23.6. The lowest BCUT2D eigenvalue weighted by molar-refractivity contribution is 0.100. The number of aromatic nitrogens is 1. The second-order valence-electron chi connectivity index (χ2n) is 7.71. The monoisotopic (exact) mass is 411 g/mol. The van der Waals surface area contributed by atoms with Crippen molar-refractivity contribution in [3.8, 4) is 11.1 Å². The van der Waals surface area contributed by atoms with Crippen molar-refractivity contribution in [1.29, 1.82) is 0 Å². The highest BCUT2D eigenvalue weighted by molar-refractivity contribution is 7.91. The molecule has 0 unspecified atom stereocenters. The molecule has 0 radical (unpaired) electrons. The van der Waals surface area contributed by atoms with Crippen molar-refractivity contribution in [2.45, 2.75) is 25.3 Å². The molecule has 4 N–H and O–H groups in total. The smallest absolute Gasteiger partial charge is 0.250 e. The maximum atomic E-state index is 12.2. The molecule has 1 saturated heterocycles. The zero-order chi connectivity index (χ0) is 20.6. The quantitative estimate of drug-likeness (QED) is 0.600. The lowest BCUT2D eigenvalue weighted by Crippen LogP contribution is -2.22. The molecule has 152 valence electrons. The predicted octanol–water partition coefficient (Wildman–Crippen LogP) is 2.95. The number of hydrogen-bond donors (Lipinski definition) is 3. The first-order valence-electron chi connectivity index (χ1n) is 9.77. The van der Waals surface area contributed by atoms with Gasteiger partial charge >= 0.3 is 0 Å². The molecule has 6 nitrogen and oxygen atoms in total. The van der Waals surface area contributed by atoms with Gasteiger partial charge in [0.2, 0.25) is 0 Å². The molecule has 0 saturated carbocycles. The summed E-state index contributed by atoms with van der Waals surface area (Å²) in [5.41, 5.74) is 11.0. The van der Waals surface area contributed by atoms with Crippen molar-refractivity contribution in [1.82, 2.24) is 10.3 Å². The average molecular weight is 412 g/mol. The van der Waals surface area contributed by atoms with Gasteiger partial charge < -0.3 is 16.0 Å². The maximum absolute atomic E-state index is 12.2. The summed E-state index contributed by atoms with van der Waals surface area (Å²) in [6.07, 6.45) is 3.10. The second-order valence-corrected chi connectivity index (χ2v) is 10.0. The van der Waals surface area contributed by atoms with Crippen LogP contribution >= 0.6 is 0 Å². The summed E-state index contributed by atoms with van der Waals surface area (Å²) in [5, 5.41) is 4.09. The first-order valence-corrected chi connectivity index (χ1v) is 11.6. The molecule has 1 amide bonds. The zero-order valence-electron chi connectivity index (χ0n) is 16.4. The van der Waals surface area contributed by atoms with Gasteiger partial charge in [-0.25, -0.2) is 8.42 Å². The van der Waals surface area contributed by atoms with Gasteiger partial charge in [-0.3, -0.25) is 4.79 Å². The summed E-state index contributed by atoms with van der Waals surface area (Å²) in [4.78, 5) is 15.4. The molecule has 0 atom stereocenters. The Hall–Kier alpha value is -2.64. The van der Waals surface area contributed by atoms with Crippen LogP contribution in [0.1, 0.15) is 40.2 Å². The lowest BCUT2D eigenvalue weighted by atomic mass is 9.90. The van der Waals surface area contributed by atoms with Gasteiger partial charge in [0.25, 0.3) is 5.91 Å². The van der Waals surface area contributed by atoms with E-state index in [4.69, 9.17) is 5.73 Å². The van der Waals surface area contributed by atoms with Crippen LogP contribution in [0.25, 0.3) is 22.0 Å². The van der Waals surface area contributed by atoms with Crippen molar-refractivity contribution < 1.29 is 13.2 Å². The molecule has 1 fully saturated rings. The highest BCUT2D eigenvalue weighted by Crippen LogP contribution is 2.37. The van der Waals surface area contributed by atoms with E-state index in [9.17, 15) is 13.2 Å². The number of sulfone groups is 1. The number of carbonyl (C=O) groups excluding carboxylic acids is 1. The molecular weight excluding hydrogens is 386 g/mol. The number of carbonyl (C=O) groups is 1. The fourth-order valence-electron chi connectivity index (χ4n) is 4.22. The van der Waals surface area contributed by atoms with E-state index in [2.05, 4.69) is 28.5 Å². The van der Waals surface area contributed by atoms with E-state index in [1.807, 2.05) is 31.4 Å². The van der Waals surface area contributed by atoms with E-state index in [-0.39, 0.29) is 17.4 Å². The number of fused-ring (bicyclic) bond motifs is 1. The van der Waals surface area contributed by atoms with Crippen molar-refractivity contribution in [3.05, 3.63) is 59.3 Å². The highest BCUT2D eigenvalue weighted by Gasteiger charge is 2.27. The van der Waals surface area contributed by atoms with Gasteiger partial charge in [0.05, 0.1) is 22.6 Å². The molecule has 0 aliphatic carbocycles. The molecule has 0 bridgehead atoms. The molecule has 1 aliphatic rings. The van der Waals surface area contributed by atoms with Gasteiger partial charge in [-0.2, -0.15) is 0 Å². The van der Waals surface area contributed by atoms with Gasteiger partial charge in [0.1, 0.15) is 9.84 Å². The van der Waals surface area contributed by atoms with E-state index in [0.29, 0.717) is 18.4 Å². The van der Waals surface area contributed by atoms with Crippen molar-refractivity contribution in [3.63, 3.8) is 0 Å². The maximum Gasteiger partial charge on any atom is 0.250 e. The van der Waals surface area contributed by atoms with Crippen molar-refractivity contribution in [2.24, 2.45) is 5.73 Å². The van der Waals surface area contributed by atoms with E-state index >= 15 is 0 Å². The largest absolute Gasteiger partial charge is 0.366 e. The topological polar surface area (TPSA) is 105 Å². The molecule has 2 heterocycles. The Morgan fingerprint density at radius 2 is 1.93 bits per heavy atom. The van der Waals surface area contributed by atoms with Gasteiger partial charge in [-0.1, -0.05) is 18.2 Å². The number of rotatable bonds is 5. The number of nitrogens with two attached hydrogens (primary N) is 1. The number of hydrogen-bond acceptors (Lipinski definition) is 4. The Kier molecular flexibility index (Phi) is 5.19. The third kappa shape index (κ3) is 3.93. The molecule has 1 aromatic heterocycles. The van der Waals surface area contributed by atoms with E-state index in [1.54, 1.807) is 0 Å². The number of H-pyrrole nitrogens is 1. The summed E-state index contributed by atoms with van der Waals surface area (Å²) in [7, 11) is -1.03. The van der Waals surface area contributed by atoms with Crippen LogP contribution in [0.2, 0.25) is 0 Å². The molecular formula is C22H25N3O3S. The van der Waals surface area contributed by atoms with Crippen molar-refractivity contribution in [2.75, 3.05) is 18.6 Å². The van der Waals surface area contributed by atoms with Crippen LogP contribution in [0, 0.1) is 0 Å². The van der Waals surface area contributed by atoms with Gasteiger partial charge in [0.15, 0.2) is 0 Å². The minimum atomic E-state index is -2.93. The molecule has 7 heteroatoms. The Bertz CT molecular complexity index is 1170. The highest BCUT2D eigenvalue weighted by atomic mass is 32.2. The number of aromatic amines is 1. The Balaban J connectivity index is 1.83. The van der Waals surface area contributed by atoms with Crippen LogP contribution in [0.3, 0.4) is 0 Å². The van der Waals surface area contributed by atoms with Crippen LogP contribution in [-0.2, 0) is 16.4 Å². The van der Waals surface area contributed by atoms with Gasteiger partial charge in [-0.05, 0) is 66.3 Å². The third-order valence-corrected chi connectivity index (χ3v) is 7.44. The number of amides is 1. The minimum Gasteiger partial charge on any atom is -0.366 e. The van der Waals surface area contributed by atoms with Crippen LogP contribution in [0.15, 0.2) is 42.6 Å². The number of primary amides is 1. The van der Waals surface area contributed by atoms with Crippen LogP contribution in [0.4, 0.5) is 0 Å². The first-order chi connectivity index (χ1) is 13.9. The van der Waals surface area contributed by atoms with Gasteiger partial charge in [0, 0.05) is 18.1 Å². The van der Waals surface area contributed by atoms with E-state index in [1.165, 1.54) is 0 Å². The standard InChI is InChI=1S/C22H25N3O3S/c1-24-12-14-3-2-4-16(9-14)17-10-18-20(15-5-7-29(27,28)8-6-15)13-25-21(18)19(11-17)22(23)26/h2-4,9-11,13,15,24-25H,5-8,12H2,1H3,(H2,23,26). The first kappa shape index (κ1) is 19.7. The van der Waals surface area contributed by atoms with E-state index < -0.39 is 15.7 Å².